The molecule has 0 bridgehead atoms. The van der Waals surface area contributed by atoms with E-state index in [1.807, 2.05) is 44.2 Å². The van der Waals surface area contributed by atoms with Gasteiger partial charge in [-0.1, -0.05) is 30.3 Å². The molecular weight excluding hydrogens is 228 g/mol. The molecule has 1 aromatic heterocycles. The molecule has 2 aromatic rings. The van der Waals surface area contributed by atoms with Gasteiger partial charge in [-0.05, 0) is 31.5 Å². The van der Waals surface area contributed by atoms with Crippen LogP contribution >= 0.6 is 0 Å². The second-order valence-electron chi connectivity index (χ2n) is 4.26. The third-order valence-corrected chi connectivity index (χ3v) is 2.91. The number of aromatic nitrogens is 1. The van der Waals surface area contributed by atoms with E-state index in [1.165, 1.54) is 0 Å². The highest BCUT2D eigenvalue weighted by Crippen LogP contribution is 2.16. The van der Waals surface area contributed by atoms with Gasteiger partial charge in [0.2, 0.25) is 0 Å². The summed E-state index contributed by atoms with van der Waals surface area (Å²) in [5.41, 5.74) is 5.72. The van der Waals surface area contributed by atoms with Crippen LogP contribution in [0, 0.1) is 13.8 Å². The van der Waals surface area contributed by atoms with Crippen LogP contribution in [0.2, 0.25) is 0 Å². The number of carboxylic acid groups (broad SMARTS) is 1. The summed E-state index contributed by atoms with van der Waals surface area (Å²) in [4.78, 5) is 11.4. The van der Waals surface area contributed by atoms with Crippen molar-refractivity contribution in [3.05, 3.63) is 59.4 Å². The number of aryl methyl sites for hydroxylation is 2. The Bertz CT molecular complexity index is 527. The van der Waals surface area contributed by atoms with Crippen LogP contribution in [0.25, 0.3) is 0 Å². The Morgan fingerprint density at radius 1 is 1.11 bits per heavy atom. The van der Waals surface area contributed by atoms with Crippen LogP contribution in [0.15, 0.2) is 42.5 Å². The fraction of sp³-hybridized carbons (Fsp3) is 0.214. The first kappa shape index (κ1) is 12.2. The fourth-order valence-corrected chi connectivity index (χ4v) is 1.92. The van der Waals surface area contributed by atoms with Crippen molar-refractivity contribution in [1.29, 1.82) is 0 Å². The Morgan fingerprint density at radius 3 is 2.17 bits per heavy atom. The molecule has 0 aliphatic carbocycles. The van der Waals surface area contributed by atoms with E-state index in [0.717, 1.165) is 17.0 Å². The van der Waals surface area contributed by atoms with Gasteiger partial charge in [0.15, 0.2) is 6.04 Å². The maximum atomic E-state index is 11.4. The first-order chi connectivity index (χ1) is 8.59. The van der Waals surface area contributed by atoms with Crippen LogP contribution in [-0.2, 0) is 4.79 Å². The van der Waals surface area contributed by atoms with Crippen LogP contribution in [0.3, 0.4) is 0 Å². The Kier molecular flexibility index (Phi) is 3.37. The lowest BCUT2D eigenvalue weighted by atomic mass is 10.1. The number of nitrogens with one attached hydrogen (secondary N) is 1. The molecular formula is C14H16N2O2. The highest BCUT2D eigenvalue weighted by molar-refractivity contribution is 5.77. The average molecular weight is 244 g/mol. The molecule has 2 N–H and O–H groups in total. The summed E-state index contributed by atoms with van der Waals surface area (Å²) in [5, 5.41) is 9.33. The lowest BCUT2D eigenvalue weighted by molar-refractivity contribution is -0.138. The second-order valence-corrected chi connectivity index (χ2v) is 4.26. The Labute approximate surface area is 106 Å². The smallest absolute Gasteiger partial charge is 0.332 e. The number of nitrogens with zero attached hydrogens (tertiary/aromatic N) is 1. The number of carboxylic acids is 1. The van der Waals surface area contributed by atoms with Gasteiger partial charge in [0.05, 0.1) is 0 Å². The van der Waals surface area contributed by atoms with E-state index < -0.39 is 12.0 Å². The summed E-state index contributed by atoms with van der Waals surface area (Å²) in [5.74, 6) is -0.895. The first-order valence-electron chi connectivity index (χ1n) is 5.79. The van der Waals surface area contributed by atoms with Gasteiger partial charge in [0.25, 0.3) is 0 Å². The fourth-order valence-electron chi connectivity index (χ4n) is 1.92. The third kappa shape index (κ3) is 2.37. The summed E-state index contributed by atoms with van der Waals surface area (Å²) >= 11 is 0. The molecule has 18 heavy (non-hydrogen) atoms. The van der Waals surface area contributed by atoms with Crippen molar-refractivity contribution in [3.8, 4) is 0 Å². The molecule has 0 spiro atoms. The zero-order valence-electron chi connectivity index (χ0n) is 10.4. The number of hydrogen-bond acceptors (Lipinski definition) is 2. The Balaban J connectivity index is 2.31. The minimum Gasteiger partial charge on any atom is -0.479 e. The van der Waals surface area contributed by atoms with Crippen LogP contribution in [0.4, 0.5) is 0 Å². The van der Waals surface area contributed by atoms with Gasteiger partial charge in [-0.2, -0.15) is 0 Å². The summed E-state index contributed by atoms with van der Waals surface area (Å²) < 4.78 is 1.80. The van der Waals surface area contributed by atoms with Crippen LogP contribution < -0.4 is 5.43 Å². The van der Waals surface area contributed by atoms with Gasteiger partial charge in [-0.3, -0.25) is 4.68 Å². The highest BCUT2D eigenvalue weighted by Gasteiger charge is 2.20. The van der Waals surface area contributed by atoms with Crippen molar-refractivity contribution in [2.75, 3.05) is 5.43 Å². The van der Waals surface area contributed by atoms with Crippen molar-refractivity contribution in [2.24, 2.45) is 0 Å². The molecule has 1 atom stereocenters. The van der Waals surface area contributed by atoms with Gasteiger partial charge >= 0.3 is 5.97 Å². The third-order valence-electron chi connectivity index (χ3n) is 2.91. The van der Waals surface area contributed by atoms with Crippen molar-refractivity contribution in [2.45, 2.75) is 19.9 Å². The molecule has 0 aliphatic heterocycles. The first-order valence-corrected chi connectivity index (χ1v) is 5.79. The van der Waals surface area contributed by atoms with Crippen LogP contribution in [0.1, 0.15) is 23.0 Å². The molecule has 0 saturated carbocycles. The molecule has 1 heterocycles. The van der Waals surface area contributed by atoms with E-state index in [0.29, 0.717) is 0 Å². The van der Waals surface area contributed by atoms with E-state index in [2.05, 4.69) is 5.43 Å². The number of aliphatic carboxylic acids is 1. The molecule has 4 heteroatoms. The van der Waals surface area contributed by atoms with Gasteiger partial charge < -0.3 is 10.5 Å². The van der Waals surface area contributed by atoms with E-state index in [-0.39, 0.29) is 0 Å². The Morgan fingerprint density at radius 2 is 1.67 bits per heavy atom. The van der Waals surface area contributed by atoms with Crippen molar-refractivity contribution in [1.82, 2.24) is 4.68 Å². The normalized spacial score (nSPS) is 12.1. The number of carbonyl (C=O) groups is 1. The summed E-state index contributed by atoms with van der Waals surface area (Å²) in [6.45, 7) is 3.87. The molecule has 2 rings (SSSR count). The molecule has 4 nitrogen and oxygen atoms in total. The minimum absolute atomic E-state index is 0.734. The molecule has 0 fully saturated rings. The summed E-state index contributed by atoms with van der Waals surface area (Å²) in [7, 11) is 0. The molecule has 0 saturated heterocycles. The minimum atomic E-state index is -0.895. The lowest BCUT2D eigenvalue weighted by Crippen LogP contribution is -2.28. The van der Waals surface area contributed by atoms with Crippen LogP contribution in [-0.4, -0.2) is 15.8 Å². The van der Waals surface area contributed by atoms with Gasteiger partial charge in [0.1, 0.15) is 0 Å². The van der Waals surface area contributed by atoms with E-state index >= 15 is 0 Å². The standard InChI is InChI=1S/C14H16N2O2/c1-10-8-9-11(2)16(10)15-13(14(17)18)12-6-4-3-5-7-12/h3-9,13,15H,1-2H3,(H,17,18). The largest absolute Gasteiger partial charge is 0.479 e. The van der Waals surface area contributed by atoms with Gasteiger partial charge in [0, 0.05) is 11.4 Å². The van der Waals surface area contributed by atoms with Crippen LogP contribution in [0.5, 0.6) is 0 Å². The van der Waals surface area contributed by atoms with Gasteiger partial charge in [-0.25, -0.2) is 4.79 Å². The molecule has 0 aliphatic rings. The average Bonchev–Trinajstić information content (AvgIpc) is 2.67. The topological polar surface area (TPSA) is 54.3 Å². The van der Waals surface area contributed by atoms with Crippen molar-refractivity contribution >= 4 is 5.97 Å². The summed E-state index contributed by atoms with van der Waals surface area (Å²) in [6.07, 6.45) is 0. The maximum Gasteiger partial charge on any atom is 0.332 e. The SMILES string of the molecule is Cc1ccc(C)n1NC(C(=O)O)c1ccccc1. The molecule has 0 radical (unpaired) electrons. The number of hydrogen-bond donors (Lipinski definition) is 2. The Hall–Kier alpha value is -2.23. The lowest BCUT2D eigenvalue weighted by Gasteiger charge is -2.19. The number of benzene rings is 1. The monoisotopic (exact) mass is 244 g/mol. The molecule has 94 valence electrons. The van der Waals surface area contributed by atoms with Gasteiger partial charge in [-0.15, -0.1) is 0 Å². The van der Waals surface area contributed by atoms with Crippen molar-refractivity contribution in [3.63, 3.8) is 0 Å². The predicted molar refractivity (Wildman–Crippen MR) is 70.1 cm³/mol. The van der Waals surface area contributed by atoms with E-state index in [1.54, 1.807) is 16.8 Å². The highest BCUT2D eigenvalue weighted by atomic mass is 16.4. The molecule has 1 unspecified atom stereocenters. The zero-order valence-corrected chi connectivity index (χ0v) is 10.4. The van der Waals surface area contributed by atoms with E-state index in [9.17, 15) is 9.90 Å². The molecule has 1 aromatic carbocycles. The van der Waals surface area contributed by atoms with Crippen molar-refractivity contribution < 1.29 is 9.90 Å². The number of rotatable bonds is 4. The van der Waals surface area contributed by atoms with E-state index in [4.69, 9.17) is 0 Å². The second kappa shape index (κ2) is 4.96. The maximum absolute atomic E-state index is 11.4. The predicted octanol–water partition coefficient (Wildman–Crippen LogP) is 2.47. The zero-order chi connectivity index (χ0) is 13.1. The quantitative estimate of drug-likeness (QED) is 0.868. The molecule has 0 amide bonds. The summed E-state index contributed by atoms with van der Waals surface area (Å²) in [6, 6.07) is 12.3.